The number of nitrogens with zero attached hydrogens (tertiary/aromatic N) is 1. The second kappa shape index (κ2) is 5.18. The summed E-state index contributed by atoms with van der Waals surface area (Å²) in [5.74, 6) is 0.147. The van der Waals surface area contributed by atoms with Gasteiger partial charge in [-0.2, -0.15) is 0 Å². The Balaban J connectivity index is 2.16. The number of carbonyl (C=O) groups is 1. The number of para-hydroxylation sites is 1. The van der Waals surface area contributed by atoms with Crippen LogP contribution in [-0.2, 0) is 4.79 Å². The van der Waals surface area contributed by atoms with Crippen molar-refractivity contribution in [1.82, 2.24) is 0 Å². The summed E-state index contributed by atoms with van der Waals surface area (Å²) < 4.78 is 0.232. The Morgan fingerprint density at radius 1 is 1.26 bits per heavy atom. The van der Waals surface area contributed by atoms with E-state index in [1.54, 1.807) is 18.0 Å². The molecule has 1 aliphatic rings. The van der Waals surface area contributed by atoms with Gasteiger partial charge in [0.05, 0.1) is 5.92 Å². The van der Waals surface area contributed by atoms with Crippen molar-refractivity contribution in [3.8, 4) is 0 Å². The summed E-state index contributed by atoms with van der Waals surface area (Å²) >= 11 is 11.4. The van der Waals surface area contributed by atoms with E-state index in [-0.39, 0.29) is 27.6 Å². The Hall–Kier alpha value is -0.990. The highest BCUT2D eigenvalue weighted by Crippen LogP contribution is 2.60. The SMILES string of the molecule is CN(C(=O)C1C(C=C(Cl)Cl)C1(C)C)c1ccccc1. The predicted octanol–water partition coefficient (Wildman–Crippen LogP) is 4.24. The number of rotatable bonds is 3. The Morgan fingerprint density at radius 3 is 2.37 bits per heavy atom. The highest BCUT2D eigenvalue weighted by Gasteiger charge is 2.61. The normalized spacial score (nSPS) is 23.6. The molecule has 1 aliphatic carbocycles. The number of hydrogen-bond donors (Lipinski definition) is 0. The highest BCUT2D eigenvalue weighted by molar-refractivity contribution is 6.55. The molecule has 102 valence electrons. The first-order chi connectivity index (χ1) is 8.85. The smallest absolute Gasteiger partial charge is 0.231 e. The average molecular weight is 298 g/mol. The lowest BCUT2D eigenvalue weighted by atomic mass is 10.1. The van der Waals surface area contributed by atoms with Crippen LogP contribution in [0.25, 0.3) is 0 Å². The minimum Gasteiger partial charge on any atom is -0.315 e. The molecule has 4 heteroatoms. The fourth-order valence-corrected chi connectivity index (χ4v) is 2.86. The van der Waals surface area contributed by atoms with Crippen LogP contribution < -0.4 is 4.90 Å². The molecular weight excluding hydrogens is 281 g/mol. The molecule has 1 amide bonds. The summed E-state index contributed by atoms with van der Waals surface area (Å²) in [5.41, 5.74) is 0.810. The number of carbonyl (C=O) groups excluding carboxylic acids is 1. The van der Waals surface area contributed by atoms with E-state index in [1.165, 1.54) is 0 Å². The molecule has 1 fully saturated rings. The summed E-state index contributed by atoms with van der Waals surface area (Å²) in [6.07, 6.45) is 1.77. The molecule has 1 saturated carbocycles. The molecule has 0 aliphatic heterocycles. The van der Waals surface area contributed by atoms with Crippen LogP contribution in [0.1, 0.15) is 13.8 Å². The van der Waals surface area contributed by atoms with E-state index in [1.807, 2.05) is 30.3 Å². The monoisotopic (exact) mass is 297 g/mol. The lowest BCUT2D eigenvalue weighted by Crippen LogP contribution is -2.29. The molecule has 2 atom stereocenters. The molecule has 0 N–H and O–H groups in total. The second-order valence-electron chi connectivity index (χ2n) is 5.51. The molecule has 0 bridgehead atoms. The number of hydrogen-bond acceptors (Lipinski definition) is 1. The molecule has 2 rings (SSSR count). The summed E-state index contributed by atoms with van der Waals surface area (Å²) in [7, 11) is 1.80. The van der Waals surface area contributed by atoms with Crippen molar-refractivity contribution in [3.63, 3.8) is 0 Å². The fraction of sp³-hybridized carbons (Fsp3) is 0.400. The summed E-state index contributed by atoms with van der Waals surface area (Å²) in [6, 6.07) is 9.62. The number of halogens is 2. The van der Waals surface area contributed by atoms with Crippen LogP contribution in [-0.4, -0.2) is 13.0 Å². The Bertz CT molecular complexity index is 506. The van der Waals surface area contributed by atoms with Gasteiger partial charge in [-0.05, 0) is 29.5 Å². The molecule has 2 unspecified atom stereocenters. The van der Waals surface area contributed by atoms with E-state index in [0.717, 1.165) is 5.69 Å². The topological polar surface area (TPSA) is 20.3 Å². The van der Waals surface area contributed by atoms with Gasteiger partial charge in [-0.25, -0.2) is 0 Å². The Labute approximate surface area is 124 Å². The standard InChI is InChI=1S/C15H17Cl2NO/c1-15(2)11(9-12(16)17)13(15)14(19)18(3)10-7-5-4-6-8-10/h4-9,11,13H,1-3H3. The van der Waals surface area contributed by atoms with Crippen molar-refractivity contribution < 1.29 is 4.79 Å². The number of amides is 1. The lowest BCUT2D eigenvalue weighted by molar-refractivity contribution is -0.120. The van der Waals surface area contributed by atoms with Gasteiger partial charge in [0.25, 0.3) is 0 Å². The van der Waals surface area contributed by atoms with Crippen LogP contribution in [0.15, 0.2) is 40.9 Å². The van der Waals surface area contributed by atoms with E-state index < -0.39 is 0 Å². The van der Waals surface area contributed by atoms with Crippen molar-refractivity contribution >= 4 is 34.8 Å². The Morgan fingerprint density at radius 2 is 1.84 bits per heavy atom. The van der Waals surface area contributed by atoms with Gasteiger partial charge in [-0.1, -0.05) is 55.2 Å². The molecule has 1 aromatic carbocycles. The Kier molecular flexibility index (Phi) is 3.93. The highest BCUT2D eigenvalue weighted by atomic mass is 35.5. The van der Waals surface area contributed by atoms with Gasteiger partial charge in [0, 0.05) is 12.7 Å². The van der Waals surface area contributed by atoms with Crippen LogP contribution in [0.5, 0.6) is 0 Å². The molecule has 0 aromatic heterocycles. The summed E-state index contributed by atoms with van der Waals surface area (Å²) in [6.45, 7) is 4.12. The fourth-order valence-electron chi connectivity index (χ4n) is 2.58. The maximum atomic E-state index is 12.5. The van der Waals surface area contributed by atoms with Crippen LogP contribution in [0.4, 0.5) is 5.69 Å². The molecular formula is C15H17Cl2NO. The van der Waals surface area contributed by atoms with Gasteiger partial charge in [0.15, 0.2) is 0 Å². The quantitative estimate of drug-likeness (QED) is 0.817. The number of anilines is 1. The van der Waals surface area contributed by atoms with Gasteiger partial charge < -0.3 is 4.90 Å². The van der Waals surface area contributed by atoms with E-state index in [0.29, 0.717) is 0 Å². The summed E-state index contributed by atoms with van der Waals surface area (Å²) in [4.78, 5) is 14.2. The van der Waals surface area contributed by atoms with Gasteiger partial charge in [0.1, 0.15) is 4.49 Å². The molecule has 2 nitrogen and oxygen atoms in total. The zero-order valence-electron chi connectivity index (χ0n) is 11.2. The number of allylic oxidation sites excluding steroid dienone is 1. The molecule has 0 heterocycles. The van der Waals surface area contributed by atoms with Gasteiger partial charge in [-0.3, -0.25) is 4.79 Å². The van der Waals surface area contributed by atoms with Gasteiger partial charge in [0.2, 0.25) is 5.91 Å². The van der Waals surface area contributed by atoms with E-state index in [9.17, 15) is 4.79 Å². The largest absolute Gasteiger partial charge is 0.315 e. The predicted molar refractivity (Wildman–Crippen MR) is 80.4 cm³/mol. The van der Waals surface area contributed by atoms with Crippen molar-refractivity contribution in [1.29, 1.82) is 0 Å². The zero-order chi connectivity index (χ0) is 14.2. The third kappa shape index (κ3) is 2.80. The van der Waals surface area contributed by atoms with Crippen molar-refractivity contribution in [2.45, 2.75) is 13.8 Å². The second-order valence-corrected chi connectivity index (χ2v) is 6.52. The van der Waals surface area contributed by atoms with Crippen molar-refractivity contribution in [3.05, 3.63) is 40.9 Å². The van der Waals surface area contributed by atoms with Gasteiger partial charge in [-0.15, -0.1) is 0 Å². The average Bonchev–Trinajstić information content (AvgIpc) is 2.89. The first kappa shape index (κ1) is 14.4. The zero-order valence-corrected chi connectivity index (χ0v) is 12.7. The summed E-state index contributed by atoms with van der Waals surface area (Å²) in [5, 5.41) is 0. The van der Waals surface area contributed by atoms with Crippen LogP contribution in [0.3, 0.4) is 0 Å². The molecule has 0 saturated heterocycles. The lowest BCUT2D eigenvalue weighted by Gasteiger charge is -2.18. The van der Waals surface area contributed by atoms with E-state index in [2.05, 4.69) is 13.8 Å². The molecule has 19 heavy (non-hydrogen) atoms. The van der Waals surface area contributed by atoms with Crippen LogP contribution in [0, 0.1) is 17.3 Å². The van der Waals surface area contributed by atoms with E-state index >= 15 is 0 Å². The minimum absolute atomic E-state index is 0.0646. The molecule has 0 spiro atoms. The number of benzene rings is 1. The minimum atomic E-state index is -0.0881. The third-order valence-electron chi connectivity index (χ3n) is 3.96. The van der Waals surface area contributed by atoms with Crippen molar-refractivity contribution in [2.75, 3.05) is 11.9 Å². The van der Waals surface area contributed by atoms with Crippen molar-refractivity contribution in [2.24, 2.45) is 17.3 Å². The van der Waals surface area contributed by atoms with E-state index in [4.69, 9.17) is 23.2 Å². The third-order valence-corrected chi connectivity index (χ3v) is 4.21. The maximum Gasteiger partial charge on any atom is 0.231 e. The maximum absolute atomic E-state index is 12.5. The molecule has 1 aromatic rings. The first-order valence-electron chi connectivity index (χ1n) is 6.21. The molecule has 0 radical (unpaired) electrons. The van der Waals surface area contributed by atoms with Crippen LogP contribution in [0.2, 0.25) is 0 Å². The van der Waals surface area contributed by atoms with Crippen LogP contribution >= 0.6 is 23.2 Å². The first-order valence-corrected chi connectivity index (χ1v) is 6.96. The van der Waals surface area contributed by atoms with Gasteiger partial charge >= 0.3 is 0 Å².